The lowest BCUT2D eigenvalue weighted by Crippen LogP contribution is -2.67. The lowest BCUT2D eigenvalue weighted by atomic mass is 9.74. The van der Waals surface area contributed by atoms with Crippen molar-refractivity contribution in [3.8, 4) is 11.1 Å². The van der Waals surface area contributed by atoms with E-state index in [0.29, 0.717) is 13.1 Å². The number of aliphatic hydroxyl groups excluding tert-OH is 1. The first-order chi connectivity index (χ1) is 16.5. The zero-order chi connectivity index (χ0) is 23.7. The molecule has 2 aliphatic heterocycles. The Morgan fingerprint density at radius 3 is 2.18 bits per heavy atom. The highest BCUT2D eigenvalue weighted by molar-refractivity contribution is 7.89. The summed E-state index contributed by atoms with van der Waals surface area (Å²) in [7, 11) is -3.74. The molecule has 2 saturated heterocycles. The molecule has 0 aliphatic carbocycles. The number of fused-ring (bicyclic) bond motifs is 1. The SMILES string of the molecule is O=S(=O)(c1ccc(F)cc1)N1CCCCN2[C@H](C1)[C@@H](c1ccc(-c3ccccc3)cc1)[C@@H]2CO. The Kier molecular flexibility index (Phi) is 6.53. The van der Waals surface area contributed by atoms with Gasteiger partial charge in [0.1, 0.15) is 5.82 Å². The largest absolute Gasteiger partial charge is 0.395 e. The van der Waals surface area contributed by atoms with Crippen molar-refractivity contribution in [1.82, 2.24) is 9.21 Å². The van der Waals surface area contributed by atoms with E-state index in [0.717, 1.165) is 36.1 Å². The van der Waals surface area contributed by atoms with Crippen molar-refractivity contribution in [2.45, 2.75) is 35.7 Å². The second kappa shape index (κ2) is 9.58. The summed E-state index contributed by atoms with van der Waals surface area (Å²) in [6, 6.07) is 23.5. The number of rotatable bonds is 5. The monoisotopic (exact) mass is 480 g/mol. The van der Waals surface area contributed by atoms with Gasteiger partial charge in [0, 0.05) is 31.1 Å². The summed E-state index contributed by atoms with van der Waals surface area (Å²) in [5, 5.41) is 10.2. The molecule has 0 radical (unpaired) electrons. The molecule has 3 aromatic carbocycles. The van der Waals surface area contributed by atoms with Gasteiger partial charge in [0.05, 0.1) is 11.5 Å². The van der Waals surface area contributed by atoms with Crippen LogP contribution in [0.3, 0.4) is 0 Å². The minimum Gasteiger partial charge on any atom is -0.395 e. The zero-order valence-electron chi connectivity index (χ0n) is 18.9. The smallest absolute Gasteiger partial charge is 0.243 e. The van der Waals surface area contributed by atoms with Crippen LogP contribution in [0, 0.1) is 5.82 Å². The highest BCUT2D eigenvalue weighted by Crippen LogP contribution is 2.43. The molecule has 7 heteroatoms. The molecule has 1 N–H and O–H groups in total. The molecule has 0 amide bonds. The van der Waals surface area contributed by atoms with Crippen molar-refractivity contribution < 1.29 is 17.9 Å². The van der Waals surface area contributed by atoms with Gasteiger partial charge < -0.3 is 5.11 Å². The molecule has 3 atom stereocenters. The van der Waals surface area contributed by atoms with Crippen LogP contribution in [0.5, 0.6) is 0 Å². The van der Waals surface area contributed by atoms with Crippen LogP contribution in [0.4, 0.5) is 4.39 Å². The lowest BCUT2D eigenvalue weighted by Gasteiger charge is -2.57. The van der Waals surface area contributed by atoms with Crippen LogP contribution in [0.2, 0.25) is 0 Å². The predicted molar refractivity (Wildman–Crippen MR) is 130 cm³/mol. The summed E-state index contributed by atoms with van der Waals surface area (Å²) in [6.07, 6.45) is 1.61. The molecule has 5 rings (SSSR count). The maximum Gasteiger partial charge on any atom is 0.243 e. The Hall–Kier alpha value is -2.58. The summed E-state index contributed by atoms with van der Waals surface area (Å²) in [6.45, 7) is 1.67. The predicted octanol–water partition coefficient (Wildman–Crippen LogP) is 4.11. The van der Waals surface area contributed by atoms with Crippen LogP contribution in [-0.4, -0.2) is 61.1 Å². The average molecular weight is 481 g/mol. The van der Waals surface area contributed by atoms with Crippen molar-refractivity contribution >= 4 is 10.0 Å². The Labute approximate surface area is 200 Å². The van der Waals surface area contributed by atoms with Gasteiger partial charge in [-0.15, -0.1) is 0 Å². The van der Waals surface area contributed by atoms with E-state index in [9.17, 15) is 17.9 Å². The molecule has 5 nitrogen and oxygen atoms in total. The van der Waals surface area contributed by atoms with Gasteiger partial charge in [0.15, 0.2) is 0 Å². The van der Waals surface area contributed by atoms with E-state index >= 15 is 0 Å². The van der Waals surface area contributed by atoms with Crippen molar-refractivity contribution in [1.29, 1.82) is 0 Å². The van der Waals surface area contributed by atoms with Crippen molar-refractivity contribution in [3.63, 3.8) is 0 Å². The molecule has 34 heavy (non-hydrogen) atoms. The normalized spacial score (nSPS) is 24.0. The number of aliphatic hydroxyl groups is 1. The topological polar surface area (TPSA) is 60.9 Å². The summed E-state index contributed by atoms with van der Waals surface area (Å²) in [5.41, 5.74) is 3.38. The van der Waals surface area contributed by atoms with Crippen LogP contribution in [0.25, 0.3) is 11.1 Å². The third-order valence-electron chi connectivity index (χ3n) is 7.19. The minimum absolute atomic E-state index is 0.0183. The Morgan fingerprint density at radius 1 is 0.853 bits per heavy atom. The maximum atomic E-state index is 13.4. The van der Waals surface area contributed by atoms with Crippen LogP contribution >= 0.6 is 0 Å². The van der Waals surface area contributed by atoms with Crippen molar-refractivity contribution in [2.75, 3.05) is 26.2 Å². The van der Waals surface area contributed by atoms with Gasteiger partial charge in [-0.2, -0.15) is 4.31 Å². The zero-order valence-corrected chi connectivity index (χ0v) is 19.7. The highest BCUT2D eigenvalue weighted by Gasteiger charge is 2.50. The number of benzene rings is 3. The van der Waals surface area contributed by atoms with Gasteiger partial charge in [-0.3, -0.25) is 4.90 Å². The van der Waals surface area contributed by atoms with E-state index in [4.69, 9.17) is 0 Å². The maximum absolute atomic E-state index is 13.4. The van der Waals surface area contributed by atoms with Crippen LogP contribution in [0.1, 0.15) is 24.3 Å². The molecule has 0 unspecified atom stereocenters. The van der Waals surface area contributed by atoms with E-state index in [-0.39, 0.29) is 29.5 Å². The summed E-state index contributed by atoms with van der Waals surface area (Å²) in [4.78, 5) is 2.37. The number of hydrogen-bond donors (Lipinski definition) is 1. The first kappa shape index (κ1) is 23.2. The summed E-state index contributed by atoms with van der Waals surface area (Å²) >= 11 is 0. The fourth-order valence-corrected chi connectivity index (χ4v) is 6.91. The molecule has 0 aromatic heterocycles. The third kappa shape index (κ3) is 4.29. The van der Waals surface area contributed by atoms with E-state index in [2.05, 4.69) is 41.3 Å². The molecule has 2 aliphatic rings. The number of halogens is 1. The molecular formula is C27H29FN2O3S. The van der Waals surface area contributed by atoms with Crippen molar-refractivity contribution in [3.05, 3.63) is 90.2 Å². The van der Waals surface area contributed by atoms with E-state index in [1.807, 2.05) is 18.2 Å². The molecule has 0 saturated carbocycles. The third-order valence-corrected chi connectivity index (χ3v) is 9.07. The van der Waals surface area contributed by atoms with Crippen LogP contribution in [0.15, 0.2) is 83.8 Å². The second-order valence-electron chi connectivity index (χ2n) is 9.09. The molecule has 2 fully saturated rings. The summed E-state index contributed by atoms with van der Waals surface area (Å²) < 4.78 is 41.7. The van der Waals surface area contributed by atoms with Gasteiger partial charge >= 0.3 is 0 Å². The number of sulfonamides is 1. The summed E-state index contributed by atoms with van der Waals surface area (Å²) in [5.74, 6) is -0.416. The molecule has 0 spiro atoms. The Morgan fingerprint density at radius 2 is 1.50 bits per heavy atom. The fraction of sp³-hybridized carbons (Fsp3) is 0.333. The Balaban J connectivity index is 1.42. The molecular weight excluding hydrogens is 451 g/mol. The van der Waals surface area contributed by atoms with E-state index in [1.165, 1.54) is 28.6 Å². The van der Waals surface area contributed by atoms with Crippen LogP contribution < -0.4 is 0 Å². The average Bonchev–Trinajstić information content (AvgIpc) is 2.84. The molecule has 178 valence electrons. The minimum atomic E-state index is -3.74. The van der Waals surface area contributed by atoms with Gasteiger partial charge in [0.25, 0.3) is 0 Å². The standard InChI is InChI=1S/C27H29FN2O3S/c28-23-12-14-24(15-13-23)34(32,33)29-16-4-5-17-30-25(18-29)27(26(30)19-31)22-10-8-21(9-11-22)20-6-2-1-3-7-20/h1-3,6-15,25-27,31H,4-5,16-19H2/t25-,26+,27-/m1/s1. The first-order valence-electron chi connectivity index (χ1n) is 11.8. The van der Waals surface area contributed by atoms with E-state index in [1.54, 1.807) is 0 Å². The van der Waals surface area contributed by atoms with Crippen molar-refractivity contribution in [2.24, 2.45) is 0 Å². The lowest BCUT2D eigenvalue weighted by molar-refractivity contribution is -0.0553. The van der Waals surface area contributed by atoms with Gasteiger partial charge in [-0.1, -0.05) is 54.6 Å². The van der Waals surface area contributed by atoms with E-state index < -0.39 is 15.8 Å². The fourth-order valence-electron chi connectivity index (χ4n) is 5.41. The van der Waals surface area contributed by atoms with Gasteiger partial charge in [-0.25, -0.2) is 12.8 Å². The molecule has 3 aromatic rings. The quantitative estimate of drug-likeness (QED) is 0.597. The van der Waals surface area contributed by atoms with Crippen LogP contribution in [-0.2, 0) is 10.0 Å². The second-order valence-corrected chi connectivity index (χ2v) is 11.0. The molecule has 2 heterocycles. The molecule has 0 bridgehead atoms. The first-order valence-corrected chi connectivity index (χ1v) is 13.2. The van der Waals surface area contributed by atoms with Gasteiger partial charge in [-0.05, 0) is 60.3 Å². The Bertz CT molecular complexity index is 1220. The highest BCUT2D eigenvalue weighted by atomic mass is 32.2. The number of hydrogen-bond acceptors (Lipinski definition) is 4. The number of nitrogens with zero attached hydrogens (tertiary/aromatic N) is 2. The van der Waals surface area contributed by atoms with Gasteiger partial charge in [0.2, 0.25) is 10.0 Å².